The second-order valence-electron chi connectivity index (χ2n) is 7.11. The molecule has 1 saturated heterocycles. The normalized spacial score (nSPS) is 15.3. The molecule has 0 aliphatic carbocycles. The number of piperazine rings is 1. The number of likely N-dealkylation sites (N-methyl/N-ethyl adjacent to an activating group) is 1. The van der Waals surface area contributed by atoms with Crippen molar-refractivity contribution >= 4 is 28.3 Å². The van der Waals surface area contributed by atoms with Crippen LogP contribution in [0.2, 0.25) is 0 Å². The van der Waals surface area contributed by atoms with Crippen molar-refractivity contribution in [3.63, 3.8) is 0 Å². The lowest BCUT2D eigenvalue weighted by atomic mass is 10.1. The Kier molecular flexibility index (Phi) is 4.45. The van der Waals surface area contributed by atoms with Gasteiger partial charge in [0, 0.05) is 31.7 Å². The van der Waals surface area contributed by atoms with Gasteiger partial charge < -0.3 is 25.1 Å². The molecule has 1 aliphatic rings. The molecule has 0 unspecified atom stereocenters. The first kappa shape index (κ1) is 17.4. The van der Waals surface area contributed by atoms with Gasteiger partial charge in [-0.25, -0.2) is 4.79 Å². The van der Waals surface area contributed by atoms with Crippen LogP contribution in [-0.2, 0) is 0 Å². The van der Waals surface area contributed by atoms with Crippen LogP contribution in [0.3, 0.4) is 0 Å². The minimum Gasteiger partial charge on any atom is -0.367 e. The number of anilines is 2. The molecule has 1 aromatic heterocycles. The van der Waals surface area contributed by atoms with Crippen LogP contribution in [0.5, 0.6) is 0 Å². The van der Waals surface area contributed by atoms with Gasteiger partial charge in [0.05, 0.1) is 22.4 Å². The standard InChI is InChI=1S/C20H23N5O2/c1-13-4-3-5-14(10-13)19(26)21-17-11-15-16(23-20(27)22-15)12-18(17)25-8-6-24(2)7-9-25/h3-5,10-12H,6-9H2,1-2H3,(H,21,26)(H2,22,23,27). The molecule has 2 aromatic carbocycles. The van der Waals surface area contributed by atoms with Crippen LogP contribution in [0.4, 0.5) is 11.4 Å². The third-order valence-corrected chi connectivity index (χ3v) is 5.00. The summed E-state index contributed by atoms with van der Waals surface area (Å²) in [4.78, 5) is 34.6. The Balaban J connectivity index is 1.72. The fourth-order valence-corrected chi connectivity index (χ4v) is 3.46. The zero-order valence-electron chi connectivity index (χ0n) is 15.5. The van der Waals surface area contributed by atoms with Crippen LogP contribution in [0.15, 0.2) is 41.2 Å². The summed E-state index contributed by atoms with van der Waals surface area (Å²) in [7, 11) is 2.10. The Morgan fingerprint density at radius 2 is 1.74 bits per heavy atom. The number of imidazole rings is 1. The van der Waals surface area contributed by atoms with Crippen LogP contribution in [0.25, 0.3) is 11.0 Å². The quantitative estimate of drug-likeness (QED) is 0.664. The summed E-state index contributed by atoms with van der Waals surface area (Å²) in [6, 6.07) is 11.3. The van der Waals surface area contributed by atoms with E-state index in [0.717, 1.165) is 42.9 Å². The molecular formula is C20H23N5O2. The van der Waals surface area contributed by atoms with Crippen molar-refractivity contribution in [1.29, 1.82) is 0 Å². The third-order valence-electron chi connectivity index (χ3n) is 5.00. The number of H-pyrrole nitrogens is 2. The predicted octanol–water partition coefficient (Wildman–Crippen LogP) is 2.17. The number of hydrogen-bond donors (Lipinski definition) is 3. The Hall–Kier alpha value is -3.06. The lowest BCUT2D eigenvalue weighted by molar-refractivity contribution is 0.102. The molecule has 3 aromatic rings. The molecule has 0 spiro atoms. The summed E-state index contributed by atoms with van der Waals surface area (Å²) in [5.41, 5.74) is 4.44. The first-order chi connectivity index (χ1) is 13.0. The Morgan fingerprint density at radius 1 is 1.04 bits per heavy atom. The number of aromatic nitrogens is 2. The number of carbonyl (C=O) groups is 1. The van der Waals surface area contributed by atoms with Crippen LogP contribution < -0.4 is 15.9 Å². The van der Waals surface area contributed by atoms with Crippen molar-refractivity contribution in [2.45, 2.75) is 6.92 Å². The summed E-state index contributed by atoms with van der Waals surface area (Å²) in [6.45, 7) is 5.59. The van der Waals surface area contributed by atoms with Crippen molar-refractivity contribution in [1.82, 2.24) is 14.9 Å². The van der Waals surface area contributed by atoms with Crippen LogP contribution >= 0.6 is 0 Å². The molecule has 2 heterocycles. The molecular weight excluding hydrogens is 342 g/mol. The van der Waals surface area contributed by atoms with Crippen molar-refractivity contribution in [3.05, 3.63) is 58.0 Å². The number of aromatic amines is 2. The van der Waals surface area contributed by atoms with E-state index < -0.39 is 0 Å². The highest BCUT2D eigenvalue weighted by molar-refractivity contribution is 6.07. The molecule has 1 fully saturated rings. The first-order valence-corrected chi connectivity index (χ1v) is 9.07. The summed E-state index contributed by atoms with van der Waals surface area (Å²) in [6.07, 6.45) is 0. The van der Waals surface area contributed by atoms with E-state index in [1.807, 2.05) is 37.3 Å². The zero-order chi connectivity index (χ0) is 19.0. The van der Waals surface area contributed by atoms with Gasteiger partial charge in [-0.3, -0.25) is 4.79 Å². The molecule has 0 radical (unpaired) electrons. The van der Waals surface area contributed by atoms with E-state index in [4.69, 9.17) is 0 Å². The summed E-state index contributed by atoms with van der Waals surface area (Å²) in [5.74, 6) is -0.161. The molecule has 1 amide bonds. The molecule has 0 saturated carbocycles. The van der Waals surface area contributed by atoms with Crippen LogP contribution in [0, 0.1) is 6.92 Å². The summed E-state index contributed by atoms with van der Waals surface area (Å²) in [5, 5.41) is 3.03. The van der Waals surface area contributed by atoms with Gasteiger partial charge >= 0.3 is 5.69 Å². The number of aryl methyl sites for hydroxylation is 1. The van der Waals surface area contributed by atoms with Gasteiger partial charge in [0.2, 0.25) is 0 Å². The summed E-state index contributed by atoms with van der Waals surface area (Å²) < 4.78 is 0. The second-order valence-corrected chi connectivity index (χ2v) is 7.11. The maximum atomic E-state index is 12.8. The Morgan fingerprint density at radius 3 is 2.44 bits per heavy atom. The van der Waals surface area contributed by atoms with Crippen LogP contribution in [0.1, 0.15) is 15.9 Å². The van der Waals surface area contributed by atoms with Gasteiger partial charge in [-0.15, -0.1) is 0 Å². The average molecular weight is 365 g/mol. The number of nitrogens with one attached hydrogen (secondary N) is 3. The fraction of sp³-hybridized carbons (Fsp3) is 0.300. The van der Waals surface area contributed by atoms with E-state index in [2.05, 4.69) is 32.1 Å². The van der Waals surface area contributed by atoms with E-state index in [0.29, 0.717) is 16.8 Å². The van der Waals surface area contributed by atoms with Gasteiger partial charge in [0.25, 0.3) is 5.91 Å². The molecule has 3 N–H and O–H groups in total. The number of rotatable bonds is 3. The molecule has 1 aliphatic heterocycles. The lowest BCUT2D eigenvalue weighted by Gasteiger charge is -2.35. The van der Waals surface area contributed by atoms with Gasteiger partial charge in [0.15, 0.2) is 0 Å². The van der Waals surface area contributed by atoms with Crippen molar-refractivity contribution in [2.75, 3.05) is 43.4 Å². The second kappa shape index (κ2) is 6.92. The number of carbonyl (C=O) groups excluding carboxylic acids is 1. The lowest BCUT2D eigenvalue weighted by Crippen LogP contribution is -2.44. The summed E-state index contributed by atoms with van der Waals surface area (Å²) >= 11 is 0. The van der Waals surface area contributed by atoms with Crippen LogP contribution in [-0.4, -0.2) is 54.0 Å². The van der Waals surface area contributed by atoms with E-state index >= 15 is 0 Å². The fourth-order valence-electron chi connectivity index (χ4n) is 3.46. The Bertz CT molecular complexity index is 1040. The van der Waals surface area contributed by atoms with Gasteiger partial charge in [-0.1, -0.05) is 17.7 Å². The number of fused-ring (bicyclic) bond motifs is 1. The van der Waals surface area contributed by atoms with Gasteiger partial charge in [-0.2, -0.15) is 0 Å². The molecule has 140 valence electrons. The number of hydrogen-bond acceptors (Lipinski definition) is 4. The maximum absolute atomic E-state index is 12.8. The molecule has 0 atom stereocenters. The molecule has 4 rings (SSSR count). The number of amides is 1. The van der Waals surface area contributed by atoms with E-state index in [-0.39, 0.29) is 11.6 Å². The van der Waals surface area contributed by atoms with Gasteiger partial charge in [-0.05, 0) is 38.2 Å². The largest absolute Gasteiger partial charge is 0.367 e. The molecule has 7 nitrogen and oxygen atoms in total. The smallest absolute Gasteiger partial charge is 0.323 e. The highest BCUT2D eigenvalue weighted by Crippen LogP contribution is 2.31. The molecule has 27 heavy (non-hydrogen) atoms. The minimum absolute atomic E-state index is 0.161. The highest BCUT2D eigenvalue weighted by atomic mass is 16.2. The molecule has 0 bridgehead atoms. The Labute approximate surface area is 157 Å². The maximum Gasteiger partial charge on any atom is 0.323 e. The van der Waals surface area contributed by atoms with E-state index in [1.54, 1.807) is 6.07 Å². The SMILES string of the molecule is Cc1cccc(C(=O)Nc2cc3[nH]c(=O)[nH]c3cc2N2CCN(C)CC2)c1. The van der Waals surface area contributed by atoms with Crippen molar-refractivity contribution < 1.29 is 4.79 Å². The number of nitrogens with zero attached hydrogens (tertiary/aromatic N) is 2. The van der Waals surface area contributed by atoms with Crippen molar-refractivity contribution in [2.24, 2.45) is 0 Å². The number of benzene rings is 2. The predicted molar refractivity (Wildman–Crippen MR) is 108 cm³/mol. The monoisotopic (exact) mass is 365 g/mol. The van der Waals surface area contributed by atoms with Crippen molar-refractivity contribution in [3.8, 4) is 0 Å². The van der Waals surface area contributed by atoms with E-state index in [1.165, 1.54) is 0 Å². The third kappa shape index (κ3) is 3.59. The topological polar surface area (TPSA) is 84.2 Å². The minimum atomic E-state index is -0.253. The molecule has 7 heteroatoms. The van der Waals surface area contributed by atoms with E-state index in [9.17, 15) is 9.59 Å². The first-order valence-electron chi connectivity index (χ1n) is 9.07. The average Bonchev–Trinajstić information content (AvgIpc) is 3.01. The highest BCUT2D eigenvalue weighted by Gasteiger charge is 2.20. The zero-order valence-corrected chi connectivity index (χ0v) is 15.5. The van der Waals surface area contributed by atoms with Gasteiger partial charge in [0.1, 0.15) is 0 Å².